The first-order chi connectivity index (χ1) is 18.2. The van der Waals surface area contributed by atoms with Gasteiger partial charge in [0.1, 0.15) is 5.84 Å². The number of unbranched alkanes of at least 4 members (excludes halogenated alkanes) is 7. The molecule has 1 N–H and O–H groups in total. The van der Waals surface area contributed by atoms with Crippen molar-refractivity contribution in [2.45, 2.75) is 71.6 Å². The standard InChI is InChI=1S/C33H43N3O/c1-3-4-5-6-7-8-9-19-26-32(37)36(31-24-17-12-18-25-31)27-28(2)33(34-29-20-13-10-14-21-29)35-30-22-15-11-16-23-30/h10-18,20-25,28H,3-9,19,26-27H2,1-2H3,(H,34,35)/t28-/m0/s1. The molecule has 37 heavy (non-hydrogen) atoms. The minimum absolute atomic E-state index is 0.00290. The van der Waals surface area contributed by atoms with Gasteiger partial charge in [-0.05, 0) is 42.8 Å². The highest BCUT2D eigenvalue weighted by atomic mass is 16.2. The maximum atomic E-state index is 13.5. The van der Waals surface area contributed by atoms with E-state index in [0.29, 0.717) is 13.0 Å². The van der Waals surface area contributed by atoms with Gasteiger partial charge in [-0.1, -0.05) is 113 Å². The number of nitrogens with zero attached hydrogens (tertiary/aromatic N) is 2. The second-order valence-electron chi connectivity index (χ2n) is 9.79. The molecule has 0 unspecified atom stereocenters. The van der Waals surface area contributed by atoms with Gasteiger partial charge in [0.2, 0.25) is 5.91 Å². The van der Waals surface area contributed by atoms with Crippen LogP contribution in [0, 0.1) is 5.92 Å². The van der Waals surface area contributed by atoms with Crippen LogP contribution in [0.5, 0.6) is 0 Å². The van der Waals surface area contributed by atoms with E-state index in [1.54, 1.807) is 0 Å². The molecule has 0 aliphatic rings. The number of rotatable bonds is 15. The van der Waals surface area contributed by atoms with Crippen molar-refractivity contribution < 1.29 is 4.79 Å². The Morgan fingerprint density at radius 1 is 0.757 bits per heavy atom. The molecule has 3 aromatic rings. The molecule has 0 saturated carbocycles. The molecule has 0 bridgehead atoms. The summed E-state index contributed by atoms with van der Waals surface area (Å²) >= 11 is 0. The Kier molecular flexibility index (Phi) is 12.5. The molecule has 1 amide bonds. The number of benzene rings is 3. The largest absolute Gasteiger partial charge is 0.343 e. The highest BCUT2D eigenvalue weighted by Gasteiger charge is 2.21. The lowest BCUT2D eigenvalue weighted by Crippen LogP contribution is -2.38. The zero-order valence-electron chi connectivity index (χ0n) is 22.6. The maximum Gasteiger partial charge on any atom is 0.226 e. The fourth-order valence-corrected chi connectivity index (χ4v) is 4.44. The van der Waals surface area contributed by atoms with E-state index in [1.807, 2.05) is 95.9 Å². The smallest absolute Gasteiger partial charge is 0.226 e. The Morgan fingerprint density at radius 2 is 1.30 bits per heavy atom. The Labute approximate surface area is 223 Å². The highest BCUT2D eigenvalue weighted by Crippen LogP contribution is 2.21. The van der Waals surface area contributed by atoms with Gasteiger partial charge in [-0.3, -0.25) is 4.79 Å². The highest BCUT2D eigenvalue weighted by molar-refractivity contribution is 6.00. The Hall–Kier alpha value is -3.40. The van der Waals surface area contributed by atoms with Gasteiger partial charge in [0, 0.05) is 30.3 Å². The predicted molar refractivity (Wildman–Crippen MR) is 159 cm³/mol. The van der Waals surface area contributed by atoms with E-state index in [4.69, 9.17) is 4.99 Å². The lowest BCUT2D eigenvalue weighted by molar-refractivity contribution is -0.118. The van der Waals surface area contributed by atoms with E-state index < -0.39 is 0 Å². The summed E-state index contributed by atoms with van der Waals surface area (Å²) in [5, 5.41) is 3.52. The number of carbonyl (C=O) groups excluding carboxylic acids is 1. The normalized spacial score (nSPS) is 12.2. The van der Waals surface area contributed by atoms with Crippen LogP contribution >= 0.6 is 0 Å². The number of hydrogen-bond acceptors (Lipinski definition) is 2. The first kappa shape index (κ1) is 28.2. The summed E-state index contributed by atoms with van der Waals surface area (Å²) in [6.45, 7) is 4.95. The van der Waals surface area contributed by atoms with Gasteiger partial charge in [0.15, 0.2) is 0 Å². The number of carbonyl (C=O) groups is 1. The molecule has 0 radical (unpaired) electrons. The lowest BCUT2D eigenvalue weighted by atomic mass is 10.1. The summed E-state index contributed by atoms with van der Waals surface area (Å²) in [5.41, 5.74) is 2.82. The molecule has 1 atom stereocenters. The van der Waals surface area contributed by atoms with Crippen molar-refractivity contribution in [3.63, 3.8) is 0 Å². The third kappa shape index (κ3) is 10.2. The molecule has 3 rings (SSSR count). The summed E-state index contributed by atoms with van der Waals surface area (Å²) < 4.78 is 0. The molecule has 0 saturated heterocycles. The quantitative estimate of drug-likeness (QED) is 0.129. The van der Waals surface area contributed by atoms with Crippen molar-refractivity contribution in [1.82, 2.24) is 0 Å². The van der Waals surface area contributed by atoms with Crippen LogP contribution in [-0.4, -0.2) is 18.3 Å². The number of anilines is 2. The van der Waals surface area contributed by atoms with E-state index >= 15 is 0 Å². The third-order valence-electron chi connectivity index (χ3n) is 6.59. The van der Waals surface area contributed by atoms with Crippen LogP contribution in [0.25, 0.3) is 0 Å². The van der Waals surface area contributed by atoms with Gasteiger partial charge in [-0.25, -0.2) is 4.99 Å². The Balaban J connectivity index is 1.69. The molecule has 0 heterocycles. The van der Waals surface area contributed by atoms with Crippen molar-refractivity contribution in [1.29, 1.82) is 0 Å². The second-order valence-corrected chi connectivity index (χ2v) is 9.79. The molecule has 4 nitrogen and oxygen atoms in total. The molecule has 0 fully saturated rings. The van der Waals surface area contributed by atoms with Crippen molar-refractivity contribution in [3.8, 4) is 0 Å². The summed E-state index contributed by atoms with van der Waals surface area (Å²) in [7, 11) is 0. The van der Waals surface area contributed by atoms with Crippen LogP contribution in [0.4, 0.5) is 17.1 Å². The summed E-state index contributed by atoms with van der Waals surface area (Å²) in [6, 6.07) is 30.1. The van der Waals surface area contributed by atoms with Crippen LogP contribution < -0.4 is 10.2 Å². The molecule has 0 aliphatic heterocycles. The number of nitrogens with one attached hydrogen (secondary N) is 1. The number of amides is 1. The van der Waals surface area contributed by atoms with Crippen molar-refractivity contribution in [2.24, 2.45) is 10.9 Å². The van der Waals surface area contributed by atoms with Gasteiger partial charge < -0.3 is 10.2 Å². The fraction of sp³-hybridized carbons (Fsp3) is 0.394. The first-order valence-electron chi connectivity index (χ1n) is 14.0. The zero-order chi connectivity index (χ0) is 26.1. The summed E-state index contributed by atoms with van der Waals surface area (Å²) in [4.78, 5) is 20.3. The number of amidine groups is 1. The van der Waals surface area contributed by atoms with Gasteiger partial charge in [0.25, 0.3) is 0 Å². The average Bonchev–Trinajstić information content (AvgIpc) is 2.94. The minimum atomic E-state index is 0.00290. The maximum absolute atomic E-state index is 13.5. The molecule has 0 aromatic heterocycles. The lowest BCUT2D eigenvalue weighted by Gasteiger charge is -2.27. The van der Waals surface area contributed by atoms with Gasteiger partial charge in [0.05, 0.1) is 5.69 Å². The molecule has 0 aliphatic carbocycles. The number of para-hydroxylation sites is 3. The first-order valence-corrected chi connectivity index (χ1v) is 14.0. The summed E-state index contributed by atoms with van der Waals surface area (Å²) in [5.74, 6) is 1.03. The van der Waals surface area contributed by atoms with Gasteiger partial charge in [-0.2, -0.15) is 0 Å². The van der Waals surface area contributed by atoms with E-state index in [-0.39, 0.29) is 11.8 Å². The average molecular weight is 498 g/mol. The van der Waals surface area contributed by atoms with E-state index in [2.05, 4.69) is 19.2 Å². The number of aliphatic imine (C=N–C) groups is 1. The molecule has 4 heteroatoms. The fourth-order valence-electron chi connectivity index (χ4n) is 4.44. The van der Waals surface area contributed by atoms with Crippen molar-refractivity contribution in [3.05, 3.63) is 91.0 Å². The van der Waals surface area contributed by atoms with Crippen LogP contribution in [0.1, 0.15) is 71.6 Å². The van der Waals surface area contributed by atoms with Crippen molar-refractivity contribution in [2.75, 3.05) is 16.8 Å². The third-order valence-corrected chi connectivity index (χ3v) is 6.59. The molecule has 196 valence electrons. The minimum Gasteiger partial charge on any atom is -0.343 e. The molecular formula is C33H43N3O. The number of hydrogen-bond donors (Lipinski definition) is 1. The van der Waals surface area contributed by atoms with E-state index in [1.165, 1.54) is 38.5 Å². The van der Waals surface area contributed by atoms with Crippen LogP contribution in [0.2, 0.25) is 0 Å². The zero-order valence-corrected chi connectivity index (χ0v) is 22.6. The molecule has 3 aromatic carbocycles. The van der Waals surface area contributed by atoms with Crippen molar-refractivity contribution >= 4 is 28.8 Å². The van der Waals surface area contributed by atoms with Crippen LogP contribution in [0.15, 0.2) is 96.0 Å². The van der Waals surface area contributed by atoms with Gasteiger partial charge >= 0.3 is 0 Å². The van der Waals surface area contributed by atoms with E-state index in [9.17, 15) is 4.79 Å². The molecule has 0 spiro atoms. The van der Waals surface area contributed by atoms with Crippen LogP contribution in [-0.2, 0) is 4.79 Å². The van der Waals surface area contributed by atoms with Crippen LogP contribution in [0.3, 0.4) is 0 Å². The van der Waals surface area contributed by atoms with Gasteiger partial charge in [-0.15, -0.1) is 0 Å². The predicted octanol–water partition coefficient (Wildman–Crippen LogP) is 9.03. The summed E-state index contributed by atoms with van der Waals surface area (Å²) in [6.07, 6.45) is 10.4. The monoisotopic (exact) mass is 497 g/mol. The second kappa shape index (κ2) is 16.4. The Morgan fingerprint density at radius 3 is 1.92 bits per heavy atom. The topological polar surface area (TPSA) is 44.7 Å². The van der Waals surface area contributed by atoms with E-state index in [0.717, 1.165) is 35.7 Å². The SMILES string of the molecule is CCCCCCCCCCC(=O)N(C[C@H](C)C(=Nc1ccccc1)Nc1ccccc1)c1ccccc1. The Bertz CT molecular complexity index is 1050. The molecular weight excluding hydrogens is 454 g/mol.